The van der Waals surface area contributed by atoms with E-state index in [1.54, 1.807) is 7.11 Å². The highest BCUT2D eigenvalue weighted by Crippen LogP contribution is 2.27. The number of carbonyl (C=O) groups is 1. The molecule has 1 saturated heterocycles. The predicted octanol–water partition coefficient (Wildman–Crippen LogP) is 2.82. The molecule has 1 N–H and O–H groups in total. The van der Waals surface area contributed by atoms with Crippen molar-refractivity contribution >= 4 is 5.91 Å². The first kappa shape index (κ1) is 17.7. The highest BCUT2D eigenvalue weighted by Gasteiger charge is 2.20. The number of hydrogen-bond donors (Lipinski definition) is 1. The second-order valence-electron chi connectivity index (χ2n) is 7.12. The third-order valence-electron chi connectivity index (χ3n) is 5.41. The fourth-order valence-corrected chi connectivity index (χ4v) is 3.79. The van der Waals surface area contributed by atoms with Crippen LogP contribution in [0.4, 0.5) is 0 Å². The van der Waals surface area contributed by atoms with E-state index >= 15 is 0 Å². The van der Waals surface area contributed by atoms with Crippen molar-refractivity contribution in [3.63, 3.8) is 0 Å². The van der Waals surface area contributed by atoms with Gasteiger partial charge in [0.25, 0.3) is 0 Å². The van der Waals surface area contributed by atoms with Gasteiger partial charge in [0.15, 0.2) is 0 Å². The molecule has 2 aliphatic rings. The van der Waals surface area contributed by atoms with Gasteiger partial charge in [-0.15, -0.1) is 0 Å². The van der Waals surface area contributed by atoms with Crippen molar-refractivity contribution in [2.75, 3.05) is 39.9 Å². The number of nitrogens with zero attached hydrogens (tertiary/aromatic N) is 1. The molecule has 4 heteroatoms. The van der Waals surface area contributed by atoms with Crippen molar-refractivity contribution in [1.82, 2.24) is 10.2 Å². The molecule has 0 aromatic heterocycles. The molecule has 1 saturated carbocycles. The first-order valence-corrected chi connectivity index (χ1v) is 9.26. The summed E-state index contributed by atoms with van der Waals surface area (Å²) in [7, 11) is 1.76. The van der Waals surface area contributed by atoms with Gasteiger partial charge in [-0.05, 0) is 44.2 Å². The zero-order valence-electron chi connectivity index (χ0n) is 14.3. The number of nitrogens with one attached hydrogen (secondary N) is 1. The summed E-state index contributed by atoms with van der Waals surface area (Å²) >= 11 is 0. The molecule has 0 radical (unpaired) electrons. The van der Waals surface area contributed by atoms with Gasteiger partial charge in [-0.2, -0.15) is 0 Å². The van der Waals surface area contributed by atoms with Gasteiger partial charge in [-0.1, -0.05) is 32.1 Å². The quantitative estimate of drug-likeness (QED) is 0.749. The minimum Gasteiger partial charge on any atom is -0.383 e. The highest BCUT2D eigenvalue weighted by molar-refractivity contribution is 5.75. The Balaban J connectivity index is 1.51. The first-order valence-electron chi connectivity index (χ1n) is 9.26. The normalized spacial score (nSPS) is 21.9. The van der Waals surface area contributed by atoms with Crippen LogP contribution in [-0.2, 0) is 9.53 Å². The van der Waals surface area contributed by atoms with Crippen LogP contribution in [-0.4, -0.2) is 50.7 Å². The van der Waals surface area contributed by atoms with E-state index in [4.69, 9.17) is 4.74 Å². The summed E-state index contributed by atoms with van der Waals surface area (Å²) in [5.41, 5.74) is 0. The van der Waals surface area contributed by atoms with E-state index in [9.17, 15) is 4.79 Å². The largest absolute Gasteiger partial charge is 0.383 e. The van der Waals surface area contributed by atoms with Gasteiger partial charge in [0.2, 0.25) is 5.91 Å². The number of amides is 1. The second-order valence-corrected chi connectivity index (χ2v) is 7.12. The molecule has 0 aromatic rings. The molecule has 1 aliphatic heterocycles. The number of carbonyl (C=O) groups excluding carboxylic acids is 1. The third-order valence-corrected chi connectivity index (χ3v) is 5.41. The van der Waals surface area contributed by atoms with E-state index in [1.807, 2.05) is 0 Å². The highest BCUT2D eigenvalue weighted by atomic mass is 16.5. The van der Waals surface area contributed by atoms with Crippen LogP contribution in [0, 0.1) is 11.8 Å². The molecule has 0 bridgehead atoms. The zero-order valence-corrected chi connectivity index (χ0v) is 14.3. The predicted molar refractivity (Wildman–Crippen MR) is 89.9 cm³/mol. The Morgan fingerprint density at radius 1 is 1.09 bits per heavy atom. The fourth-order valence-electron chi connectivity index (χ4n) is 3.79. The molecule has 0 atom stereocenters. The lowest BCUT2D eigenvalue weighted by Gasteiger charge is -2.31. The lowest BCUT2D eigenvalue weighted by molar-refractivity contribution is -0.121. The van der Waals surface area contributed by atoms with Gasteiger partial charge < -0.3 is 15.0 Å². The Labute approximate surface area is 136 Å². The van der Waals surface area contributed by atoms with Crippen molar-refractivity contribution in [2.45, 2.75) is 57.8 Å². The number of piperidine rings is 1. The molecular weight excluding hydrogens is 276 g/mol. The minimum atomic E-state index is 0.271. The van der Waals surface area contributed by atoms with Gasteiger partial charge >= 0.3 is 0 Å². The lowest BCUT2D eigenvalue weighted by atomic mass is 9.86. The van der Waals surface area contributed by atoms with E-state index in [1.165, 1.54) is 44.9 Å². The monoisotopic (exact) mass is 310 g/mol. The average Bonchev–Trinajstić information content (AvgIpc) is 2.58. The summed E-state index contributed by atoms with van der Waals surface area (Å²) < 4.78 is 5.13. The average molecular weight is 310 g/mol. The smallest absolute Gasteiger partial charge is 0.220 e. The molecule has 2 rings (SSSR count). The molecule has 1 aliphatic carbocycles. The summed E-state index contributed by atoms with van der Waals surface area (Å²) in [5, 5.41) is 3.17. The summed E-state index contributed by atoms with van der Waals surface area (Å²) in [4.78, 5) is 14.5. The van der Waals surface area contributed by atoms with Crippen molar-refractivity contribution < 1.29 is 9.53 Å². The van der Waals surface area contributed by atoms with Crippen molar-refractivity contribution in [3.8, 4) is 0 Å². The second kappa shape index (κ2) is 10.2. The van der Waals surface area contributed by atoms with Gasteiger partial charge in [-0.25, -0.2) is 0 Å². The number of rotatable bonds is 8. The van der Waals surface area contributed by atoms with Crippen LogP contribution in [0.2, 0.25) is 0 Å². The Bertz CT molecular complexity index is 308. The standard InChI is InChI=1S/C18H34N2O2/c1-22-14-13-20-11-9-17(10-12-20)15-19-18(21)8-7-16-5-3-2-4-6-16/h16-17H,2-15H2,1H3,(H,19,21). The van der Waals surface area contributed by atoms with Crippen molar-refractivity contribution in [3.05, 3.63) is 0 Å². The van der Waals surface area contributed by atoms with E-state index in [-0.39, 0.29) is 5.91 Å². The Kier molecular flexibility index (Phi) is 8.24. The van der Waals surface area contributed by atoms with Crippen LogP contribution < -0.4 is 5.32 Å². The van der Waals surface area contributed by atoms with E-state index < -0.39 is 0 Å². The molecule has 0 aromatic carbocycles. The van der Waals surface area contributed by atoms with E-state index in [2.05, 4.69) is 10.2 Å². The molecule has 1 heterocycles. The SMILES string of the molecule is COCCN1CCC(CNC(=O)CCC2CCCCC2)CC1. The van der Waals surface area contributed by atoms with Crippen LogP contribution >= 0.6 is 0 Å². The molecule has 22 heavy (non-hydrogen) atoms. The van der Waals surface area contributed by atoms with Gasteiger partial charge in [-0.3, -0.25) is 4.79 Å². The van der Waals surface area contributed by atoms with E-state index in [0.29, 0.717) is 5.92 Å². The van der Waals surface area contributed by atoms with E-state index in [0.717, 1.165) is 51.5 Å². The fraction of sp³-hybridized carbons (Fsp3) is 0.944. The third kappa shape index (κ3) is 6.66. The van der Waals surface area contributed by atoms with Crippen LogP contribution in [0.25, 0.3) is 0 Å². The Morgan fingerprint density at radius 3 is 2.50 bits per heavy atom. The summed E-state index contributed by atoms with van der Waals surface area (Å²) in [5.74, 6) is 1.74. The molecule has 0 spiro atoms. The molecular formula is C18H34N2O2. The molecule has 128 valence electrons. The van der Waals surface area contributed by atoms with Crippen LogP contribution in [0.15, 0.2) is 0 Å². The maximum Gasteiger partial charge on any atom is 0.220 e. The number of ether oxygens (including phenoxy) is 1. The molecule has 4 nitrogen and oxygen atoms in total. The number of likely N-dealkylation sites (tertiary alicyclic amines) is 1. The minimum absolute atomic E-state index is 0.271. The van der Waals surface area contributed by atoms with Crippen LogP contribution in [0.5, 0.6) is 0 Å². The van der Waals surface area contributed by atoms with Crippen molar-refractivity contribution in [1.29, 1.82) is 0 Å². The number of methoxy groups -OCH3 is 1. The van der Waals surface area contributed by atoms with Crippen LogP contribution in [0.3, 0.4) is 0 Å². The van der Waals surface area contributed by atoms with Gasteiger partial charge in [0, 0.05) is 26.6 Å². The summed E-state index contributed by atoms with van der Waals surface area (Å²) in [6, 6.07) is 0. The van der Waals surface area contributed by atoms with Gasteiger partial charge in [0.1, 0.15) is 0 Å². The maximum atomic E-state index is 12.0. The molecule has 1 amide bonds. The zero-order chi connectivity index (χ0) is 15.6. The van der Waals surface area contributed by atoms with Crippen molar-refractivity contribution in [2.24, 2.45) is 11.8 Å². The summed E-state index contributed by atoms with van der Waals surface area (Å²) in [6.45, 7) is 5.03. The molecule has 0 unspecified atom stereocenters. The van der Waals surface area contributed by atoms with Gasteiger partial charge in [0.05, 0.1) is 6.61 Å². The first-order chi connectivity index (χ1) is 10.8. The number of hydrogen-bond acceptors (Lipinski definition) is 3. The Morgan fingerprint density at radius 2 is 1.82 bits per heavy atom. The molecule has 2 fully saturated rings. The topological polar surface area (TPSA) is 41.6 Å². The Hall–Kier alpha value is -0.610. The van der Waals surface area contributed by atoms with Crippen LogP contribution in [0.1, 0.15) is 57.8 Å². The maximum absolute atomic E-state index is 12.0. The lowest BCUT2D eigenvalue weighted by Crippen LogP contribution is -2.39. The summed E-state index contributed by atoms with van der Waals surface area (Å²) in [6.07, 6.45) is 11.0.